The zero-order chi connectivity index (χ0) is 12.0. The van der Waals surface area contributed by atoms with Crippen molar-refractivity contribution < 1.29 is 13.2 Å². The number of rotatable bonds is 1. The predicted molar refractivity (Wildman–Crippen MR) is 60.0 cm³/mol. The molecule has 1 aliphatic heterocycles. The fourth-order valence-electron chi connectivity index (χ4n) is 2.71. The van der Waals surface area contributed by atoms with Crippen molar-refractivity contribution in [3.63, 3.8) is 0 Å². The lowest BCUT2D eigenvalue weighted by atomic mass is 9.86. The molecule has 1 unspecified atom stereocenters. The Morgan fingerprint density at radius 3 is 2.53 bits per heavy atom. The highest BCUT2D eigenvalue weighted by Gasteiger charge is 2.37. The van der Waals surface area contributed by atoms with Crippen molar-refractivity contribution in [2.24, 2.45) is 5.92 Å². The van der Waals surface area contributed by atoms with Crippen LogP contribution in [0.2, 0.25) is 0 Å². The maximum absolute atomic E-state index is 12.7. The van der Waals surface area contributed by atoms with E-state index in [2.05, 4.69) is 5.32 Å². The van der Waals surface area contributed by atoms with Crippen LogP contribution in [-0.4, -0.2) is 6.54 Å². The zero-order valence-electron chi connectivity index (χ0n) is 9.35. The molecule has 0 aromatic heterocycles. The lowest BCUT2D eigenvalue weighted by Crippen LogP contribution is -2.19. The first-order valence-electron chi connectivity index (χ1n) is 6.01. The monoisotopic (exact) mass is 241 g/mol. The summed E-state index contributed by atoms with van der Waals surface area (Å²) in [7, 11) is 0. The number of benzene rings is 1. The number of hydrogen-bond donors (Lipinski definition) is 1. The van der Waals surface area contributed by atoms with Crippen LogP contribution in [0.4, 0.5) is 18.9 Å². The van der Waals surface area contributed by atoms with E-state index < -0.39 is 11.7 Å². The van der Waals surface area contributed by atoms with Crippen molar-refractivity contribution in [1.29, 1.82) is 0 Å². The van der Waals surface area contributed by atoms with Gasteiger partial charge in [-0.3, -0.25) is 0 Å². The van der Waals surface area contributed by atoms with Crippen LogP contribution >= 0.6 is 0 Å². The van der Waals surface area contributed by atoms with Gasteiger partial charge < -0.3 is 5.32 Å². The zero-order valence-corrected chi connectivity index (χ0v) is 9.35. The molecular weight excluding hydrogens is 227 g/mol. The van der Waals surface area contributed by atoms with Crippen LogP contribution in [0.1, 0.15) is 36.3 Å². The van der Waals surface area contributed by atoms with E-state index in [9.17, 15) is 13.2 Å². The Bertz CT molecular complexity index is 435. The van der Waals surface area contributed by atoms with Gasteiger partial charge in [-0.2, -0.15) is 13.2 Å². The van der Waals surface area contributed by atoms with Gasteiger partial charge in [0.25, 0.3) is 0 Å². The van der Waals surface area contributed by atoms with E-state index in [1.54, 1.807) is 6.07 Å². The van der Waals surface area contributed by atoms with E-state index >= 15 is 0 Å². The van der Waals surface area contributed by atoms with Crippen LogP contribution in [0.25, 0.3) is 0 Å². The third kappa shape index (κ3) is 2.01. The number of halogens is 3. The Labute approximate surface area is 98.0 Å². The largest absolute Gasteiger partial charge is 0.416 e. The van der Waals surface area contributed by atoms with Crippen molar-refractivity contribution in [1.82, 2.24) is 0 Å². The van der Waals surface area contributed by atoms with Gasteiger partial charge in [0.05, 0.1) is 5.56 Å². The molecule has 1 aromatic carbocycles. The van der Waals surface area contributed by atoms with Crippen LogP contribution in [0.5, 0.6) is 0 Å². The fraction of sp³-hybridized carbons (Fsp3) is 0.538. The third-order valence-electron chi connectivity index (χ3n) is 3.74. The molecule has 1 aliphatic carbocycles. The van der Waals surface area contributed by atoms with E-state index in [0.717, 1.165) is 24.2 Å². The molecule has 1 saturated carbocycles. The van der Waals surface area contributed by atoms with Crippen molar-refractivity contribution in [3.05, 3.63) is 29.3 Å². The first-order chi connectivity index (χ1) is 8.05. The van der Waals surface area contributed by atoms with Gasteiger partial charge in [0.2, 0.25) is 0 Å². The minimum atomic E-state index is -4.24. The van der Waals surface area contributed by atoms with Crippen LogP contribution in [-0.2, 0) is 6.18 Å². The Balaban J connectivity index is 2.01. The van der Waals surface area contributed by atoms with E-state index in [4.69, 9.17) is 0 Å². The first kappa shape index (κ1) is 10.9. The summed E-state index contributed by atoms with van der Waals surface area (Å²) in [5.74, 6) is 0.938. The fourth-order valence-corrected chi connectivity index (χ4v) is 2.71. The molecule has 2 aliphatic rings. The summed E-state index contributed by atoms with van der Waals surface area (Å²) in [6.45, 7) is 0.875. The molecule has 0 saturated heterocycles. The molecule has 3 rings (SSSR count). The van der Waals surface area contributed by atoms with Gasteiger partial charge in [-0.15, -0.1) is 0 Å². The summed E-state index contributed by atoms with van der Waals surface area (Å²) in [5, 5.41) is 3.19. The van der Waals surface area contributed by atoms with Crippen molar-refractivity contribution in [2.75, 3.05) is 11.9 Å². The second kappa shape index (κ2) is 3.65. The van der Waals surface area contributed by atoms with E-state index in [-0.39, 0.29) is 0 Å². The lowest BCUT2D eigenvalue weighted by molar-refractivity contribution is -0.137. The van der Waals surface area contributed by atoms with E-state index in [0.29, 0.717) is 11.8 Å². The predicted octanol–water partition coefficient (Wildman–Crippen LogP) is 4.01. The van der Waals surface area contributed by atoms with Crippen molar-refractivity contribution in [3.8, 4) is 0 Å². The minimum absolute atomic E-state index is 0.327. The first-order valence-corrected chi connectivity index (χ1v) is 6.01. The number of anilines is 1. The van der Waals surface area contributed by atoms with Gasteiger partial charge >= 0.3 is 6.18 Å². The van der Waals surface area contributed by atoms with Gasteiger partial charge in [-0.05, 0) is 54.9 Å². The molecule has 17 heavy (non-hydrogen) atoms. The van der Waals surface area contributed by atoms with Crippen LogP contribution in [0.15, 0.2) is 18.2 Å². The molecule has 1 fully saturated rings. The van der Waals surface area contributed by atoms with Crippen LogP contribution in [0, 0.1) is 5.92 Å². The second-order valence-corrected chi connectivity index (χ2v) is 4.96. The molecule has 0 bridgehead atoms. The molecule has 1 N–H and O–H groups in total. The van der Waals surface area contributed by atoms with Gasteiger partial charge in [-0.1, -0.05) is 0 Å². The molecule has 1 heterocycles. The maximum atomic E-state index is 12.7. The smallest absolute Gasteiger partial charge is 0.385 e. The van der Waals surface area contributed by atoms with E-state index in [1.165, 1.54) is 25.0 Å². The van der Waals surface area contributed by atoms with Gasteiger partial charge in [-0.25, -0.2) is 0 Å². The number of alkyl halides is 3. The second-order valence-electron chi connectivity index (χ2n) is 4.96. The third-order valence-corrected chi connectivity index (χ3v) is 3.74. The quantitative estimate of drug-likeness (QED) is 0.783. The van der Waals surface area contributed by atoms with Gasteiger partial charge in [0.15, 0.2) is 0 Å². The highest BCUT2D eigenvalue weighted by Crippen LogP contribution is 2.49. The van der Waals surface area contributed by atoms with Gasteiger partial charge in [0, 0.05) is 12.2 Å². The molecule has 4 heteroatoms. The summed E-state index contributed by atoms with van der Waals surface area (Å²) < 4.78 is 38.0. The van der Waals surface area contributed by atoms with Crippen molar-refractivity contribution in [2.45, 2.75) is 31.4 Å². The maximum Gasteiger partial charge on any atom is 0.416 e. The Morgan fingerprint density at radius 2 is 1.88 bits per heavy atom. The molecule has 0 amide bonds. The molecule has 1 aromatic rings. The highest BCUT2D eigenvalue weighted by atomic mass is 19.4. The summed E-state index contributed by atoms with van der Waals surface area (Å²) in [5.41, 5.74) is 1.24. The Kier molecular flexibility index (Phi) is 2.35. The van der Waals surface area contributed by atoms with Crippen LogP contribution in [0.3, 0.4) is 0 Å². The van der Waals surface area contributed by atoms with Crippen molar-refractivity contribution >= 4 is 5.69 Å². The summed E-state index contributed by atoms with van der Waals surface area (Å²) in [4.78, 5) is 0. The van der Waals surface area contributed by atoms with Crippen LogP contribution < -0.4 is 5.32 Å². The molecule has 0 radical (unpaired) electrons. The minimum Gasteiger partial charge on any atom is -0.385 e. The number of hydrogen-bond acceptors (Lipinski definition) is 1. The molecule has 1 nitrogen and oxygen atoms in total. The average molecular weight is 241 g/mol. The normalized spacial score (nSPS) is 24.1. The summed E-state index contributed by atoms with van der Waals surface area (Å²) >= 11 is 0. The van der Waals surface area contributed by atoms with E-state index in [1.807, 2.05) is 0 Å². The Hall–Kier alpha value is -1.19. The number of fused-ring (bicyclic) bond motifs is 1. The lowest BCUT2D eigenvalue weighted by Gasteiger charge is -2.27. The highest BCUT2D eigenvalue weighted by molar-refractivity contribution is 5.57. The molecule has 0 spiro atoms. The summed E-state index contributed by atoms with van der Waals surface area (Å²) in [6.07, 6.45) is -0.944. The number of nitrogens with one attached hydrogen (secondary N) is 1. The Morgan fingerprint density at radius 1 is 1.12 bits per heavy atom. The molecule has 1 atom stereocenters. The summed E-state index contributed by atoms with van der Waals surface area (Å²) in [6, 6.07) is 4.08. The molecule has 92 valence electrons. The standard InChI is InChI=1S/C13H14F3N/c14-13(15,16)9-3-4-12-11(7-9)10(5-6-17-12)8-1-2-8/h3-4,7-8,10,17H,1-2,5-6H2. The average Bonchev–Trinajstić information content (AvgIpc) is 3.10. The topological polar surface area (TPSA) is 12.0 Å². The molecular formula is C13H14F3N. The SMILES string of the molecule is FC(F)(F)c1ccc2c(c1)C(C1CC1)CCN2. The van der Waals surface area contributed by atoms with Gasteiger partial charge in [0.1, 0.15) is 0 Å².